The molecule has 9 heteroatoms. The van der Waals surface area contributed by atoms with Crippen molar-refractivity contribution in [1.29, 1.82) is 0 Å². The topological polar surface area (TPSA) is 57.7 Å². The van der Waals surface area contributed by atoms with E-state index in [4.69, 9.17) is 0 Å². The maximum atomic E-state index is 12.2. The number of hydrogen-bond donors (Lipinski definition) is 0. The number of hydrogen-bond acceptors (Lipinski definition) is 3. The minimum absolute atomic E-state index is 0.00326. The van der Waals surface area contributed by atoms with Gasteiger partial charge in [-0.1, -0.05) is 13.3 Å². The van der Waals surface area contributed by atoms with E-state index in [1.807, 2.05) is 6.92 Å². The summed E-state index contributed by atoms with van der Waals surface area (Å²) in [7, 11) is -3.42. The number of nitrogens with zero attached hydrogens (tertiary/aromatic N) is 2. The highest BCUT2D eigenvalue weighted by Crippen LogP contribution is 2.20. The van der Waals surface area contributed by atoms with Crippen LogP contribution in [0.15, 0.2) is 0 Å². The van der Waals surface area contributed by atoms with Crippen molar-refractivity contribution in [1.82, 2.24) is 9.21 Å². The van der Waals surface area contributed by atoms with E-state index < -0.39 is 22.1 Å². The molecule has 0 radical (unpaired) electrons. The molecule has 0 bridgehead atoms. The monoisotopic (exact) mass is 302 g/mol. The first kappa shape index (κ1) is 16.2. The summed E-state index contributed by atoms with van der Waals surface area (Å²) in [6.45, 7) is 1.27. The van der Waals surface area contributed by atoms with Crippen LogP contribution in [0.5, 0.6) is 0 Å². The van der Waals surface area contributed by atoms with E-state index in [9.17, 15) is 26.4 Å². The van der Waals surface area contributed by atoms with E-state index in [0.29, 0.717) is 11.3 Å². The summed E-state index contributed by atoms with van der Waals surface area (Å²) in [6, 6.07) is 0. The predicted octanol–water partition coefficient (Wildman–Crippen LogP) is 0.823. The molecule has 0 unspecified atom stereocenters. The van der Waals surface area contributed by atoms with Gasteiger partial charge in [0.15, 0.2) is 0 Å². The molecule has 19 heavy (non-hydrogen) atoms. The molecule has 1 aliphatic rings. The molecule has 0 spiro atoms. The second-order valence-electron chi connectivity index (χ2n) is 4.36. The zero-order valence-corrected chi connectivity index (χ0v) is 11.4. The number of unbranched alkanes of at least 4 members (excludes halogenated alkanes) is 1. The number of alkyl halides is 3. The highest BCUT2D eigenvalue weighted by Gasteiger charge is 2.43. The number of amides is 1. The van der Waals surface area contributed by atoms with E-state index in [1.54, 1.807) is 0 Å². The van der Waals surface area contributed by atoms with E-state index in [-0.39, 0.29) is 31.9 Å². The fourth-order valence-electron chi connectivity index (χ4n) is 1.80. The number of carbonyl (C=O) groups excluding carboxylic acids is 1. The molecule has 0 aromatic heterocycles. The number of rotatable bonds is 4. The average Bonchev–Trinajstić information content (AvgIpc) is 2.34. The first-order chi connectivity index (χ1) is 8.68. The van der Waals surface area contributed by atoms with Crippen LogP contribution in [0.2, 0.25) is 0 Å². The molecule has 0 N–H and O–H groups in total. The van der Waals surface area contributed by atoms with Crippen LogP contribution in [0.25, 0.3) is 0 Å². The molecule has 1 fully saturated rings. The van der Waals surface area contributed by atoms with Crippen LogP contribution in [0.1, 0.15) is 19.8 Å². The second-order valence-corrected chi connectivity index (χ2v) is 6.45. The van der Waals surface area contributed by atoms with Crippen molar-refractivity contribution in [3.63, 3.8) is 0 Å². The average molecular weight is 302 g/mol. The molecule has 0 aromatic carbocycles. The Bertz CT molecular complexity index is 414. The van der Waals surface area contributed by atoms with Crippen molar-refractivity contribution >= 4 is 15.9 Å². The fraction of sp³-hybridized carbons (Fsp3) is 0.900. The van der Waals surface area contributed by atoms with Crippen LogP contribution in [-0.2, 0) is 14.8 Å². The summed E-state index contributed by atoms with van der Waals surface area (Å²) in [5.41, 5.74) is 0. The third-order valence-electron chi connectivity index (χ3n) is 2.92. The van der Waals surface area contributed by atoms with Crippen LogP contribution < -0.4 is 0 Å². The highest BCUT2D eigenvalue weighted by molar-refractivity contribution is 7.89. The largest absolute Gasteiger partial charge is 0.471 e. The molecular formula is C10H17F3N2O3S. The van der Waals surface area contributed by atoms with E-state index in [1.165, 1.54) is 0 Å². The van der Waals surface area contributed by atoms with Gasteiger partial charge in [-0.2, -0.15) is 17.5 Å². The lowest BCUT2D eigenvalue weighted by Gasteiger charge is -2.34. The first-order valence-corrected chi connectivity index (χ1v) is 7.63. The minimum Gasteiger partial charge on any atom is -0.332 e. The van der Waals surface area contributed by atoms with Gasteiger partial charge in [-0.05, 0) is 6.42 Å². The van der Waals surface area contributed by atoms with Gasteiger partial charge in [0.05, 0.1) is 5.75 Å². The van der Waals surface area contributed by atoms with Gasteiger partial charge in [-0.25, -0.2) is 8.42 Å². The number of sulfonamides is 1. The van der Waals surface area contributed by atoms with Crippen LogP contribution in [-0.4, -0.2) is 61.6 Å². The summed E-state index contributed by atoms with van der Waals surface area (Å²) in [4.78, 5) is 11.6. The molecule has 112 valence electrons. The molecule has 0 aliphatic carbocycles. The van der Waals surface area contributed by atoms with E-state index in [2.05, 4.69) is 0 Å². The SMILES string of the molecule is CCCCS(=O)(=O)N1CCN(C(=O)C(F)(F)F)CC1. The van der Waals surface area contributed by atoms with Gasteiger partial charge in [-0.3, -0.25) is 4.79 Å². The van der Waals surface area contributed by atoms with Gasteiger partial charge in [0.25, 0.3) is 0 Å². The van der Waals surface area contributed by atoms with Gasteiger partial charge >= 0.3 is 12.1 Å². The number of carbonyl (C=O) groups is 1. The molecule has 0 saturated carbocycles. The molecule has 1 aliphatic heterocycles. The van der Waals surface area contributed by atoms with Gasteiger partial charge in [0.2, 0.25) is 10.0 Å². The molecule has 1 heterocycles. The lowest BCUT2D eigenvalue weighted by atomic mass is 10.3. The lowest BCUT2D eigenvalue weighted by Crippen LogP contribution is -2.53. The fourth-order valence-corrected chi connectivity index (χ4v) is 3.44. The Hall–Kier alpha value is -0.830. The number of piperazine rings is 1. The van der Waals surface area contributed by atoms with Crippen molar-refractivity contribution in [3.05, 3.63) is 0 Å². The van der Waals surface area contributed by atoms with Crippen LogP contribution in [0.3, 0.4) is 0 Å². The Balaban J connectivity index is 2.56. The van der Waals surface area contributed by atoms with E-state index >= 15 is 0 Å². The smallest absolute Gasteiger partial charge is 0.332 e. The molecule has 0 aromatic rings. The predicted molar refractivity (Wildman–Crippen MR) is 62.9 cm³/mol. The summed E-state index contributed by atoms with van der Waals surface area (Å²) in [5.74, 6) is -1.91. The van der Waals surface area contributed by atoms with Gasteiger partial charge < -0.3 is 4.90 Å². The maximum absolute atomic E-state index is 12.2. The Morgan fingerprint density at radius 2 is 1.68 bits per heavy atom. The van der Waals surface area contributed by atoms with Gasteiger partial charge in [0, 0.05) is 26.2 Å². The summed E-state index contributed by atoms with van der Waals surface area (Å²) >= 11 is 0. The molecule has 0 atom stereocenters. The highest BCUT2D eigenvalue weighted by atomic mass is 32.2. The standard InChI is InChI=1S/C10H17F3N2O3S/c1-2-3-8-19(17,18)15-6-4-14(5-7-15)9(16)10(11,12)13/h2-8H2,1H3. The number of halogens is 3. The molecular weight excluding hydrogens is 285 g/mol. The molecule has 1 rings (SSSR count). The third-order valence-corrected chi connectivity index (χ3v) is 4.87. The maximum Gasteiger partial charge on any atom is 0.471 e. The second kappa shape index (κ2) is 6.08. The van der Waals surface area contributed by atoms with Gasteiger partial charge in [-0.15, -0.1) is 0 Å². The first-order valence-electron chi connectivity index (χ1n) is 6.02. The third kappa shape index (κ3) is 4.34. The Labute approximate surface area is 110 Å². The van der Waals surface area contributed by atoms with E-state index in [0.717, 1.165) is 10.7 Å². The summed E-state index contributed by atoms with van der Waals surface area (Å²) in [6.07, 6.45) is -3.65. The summed E-state index contributed by atoms with van der Waals surface area (Å²) in [5, 5.41) is 0. The zero-order valence-electron chi connectivity index (χ0n) is 10.6. The Morgan fingerprint density at radius 1 is 1.16 bits per heavy atom. The summed E-state index contributed by atoms with van der Waals surface area (Å²) < 4.78 is 61.4. The Morgan fingerprint density at radius 3 is 2.11 bits per heavy atom. The van der Waals surface area contributed by atoms with Crippen LogP contribution >= 0.6 is 0 Å². The van der Waals surface area contributed by atoms with Crippen molar-refractivity contribution in [2.24, 2.45) is 0 Å². The Kier molecular flexibility index (Phi) is 5.19. The van der Waals surface area contributed by atoms with Crippen molar-refractivity contribution < 1.29 is 26.4 Å². The quantitative estimate of drug-likeness (QED) is 0.772. The van der Waals surface area contributed by atoms with Gasteiger partial charge in [0.1, 0.15) is 0 Å². The van der Waals surface area contributed by atoms with Crippen molar-refractivity contribution in [2.75, 3.05) is 31.9 Å². The normalized spacial score (nSPS) is 18.6. The molecule has 1 saturated heterocycles. The lowest BCUT2D eigenvalue weighted by molar-refractivity contribution is -0.186. The molecule has 5 nitrogen and oxygen atoms in total. The zero-order chi connectivity index (χ0) is 14.7. The molecule has 1 amide bonds. The minimum atomic E-state index is -4.90. The van der Waals surface area contributed by atoms with Crippen LogP contribution in [0, 0.1) is 0 Å². The van der Waals surface area contributed by atoms with Crippen molar-refractivity contribution in [3.8, 4) is 0 Å². The van der Waals surface area contributed by atoms with Crippen molar-refractivity contribution in [2.45, 2.75) is 25.9 Å². The van der Waals surface area contributed by atoms with Crippen LogP contribution in [0.4, 0.5) is 13.2 Å².